The molecule has 0 aliphatic carbocycles. The average Bonchev–Trinajstić information content (AvgIpc) is 2.95. The summed E-state index contributed by atoms with van der Waals surface area (Å²) in [7, 11) is 2.12. The predicted molar refractivity (Wildman–Crippen MR) is 186 cm³/mol. The summed E-state index contributed by atoms with van der Waals surface area (Å²) in [4.78, 5) is 5.01. The van der Waals surface area contributed by atoms with Gasteiger partial charge >= 0.3 is 0 Å². The van der Waals surface area contributed by atoms with Crippen molar-refractivity contribution >= 4 is 21.7 Å². The second kappa shape index (κ2) is 10.7. The molecule has 0 unspecified atom stereocenters. The van der Waals surface area contributed by atoms with Gasteiger partial charge in [-0.25, -0.2) is 4.57 Å². The number of aromatic nitrogens is 2. The number of rotatable bonds is 5. The van der Waals surface area contributed by atoms with E-state index < -0.39 is 0 Å². The largest absolute Gasteiger partial charge is 0.455 e. The Bertz CT molecular complexity index is 1920. The van der Waals surface area contributed by atoms with Crippen LogP contribution in [0.15, 0.2) is 48.8 Å². The normalized spacial score (nSPS) is 13.0. The molecular formula is C41H49N2O+. The Balaban J connectivity index is 1.71. The van der Waals surface area contributed by atoms with E-state index >= 15 is 0 Å². The van der Waals surface area contributed by atoms with E-state index in [9.17, 15) is 0 Å². The van der Waals surface area contributed by atoms with E-state index in [-0.39, 0.29) is 5.41 Å². The van der Waals surface area contributed by atoms with Crippen molar-refractivity contribution in [2.45, 2.75) is 100 Å². The molecule has 1 aliphatic rings. The second-order valence-electron chi connectivity index (χ2n) is 15.3. The molecule has 0 saturated heterocycles. The molecule has 0 saturated carbocycles. The summed E-state index contributed by atoms with van der Waals surface area (Å²) >= 11 is 0. The second-order valence-corrected chi connectivity index (χ2v) is 15.3. The highest BCUT2D eigenvalue weighted by atomic mass is 16.5. The smallest absolute Gasteiger partial charge is 0.287 e. The van der Waals surface area contributed by atoms with Crippen molar-refractivity contribution < 1.29 is 9.30 Å². The molecule has 1 aromatic heterocycles. The fourth-order valence-electron chi connectivity index (χ4n) is 7.16. The fourth-order valence-corrected chi connectivity index (χ4v) is 7.16. The summed E-state index contributed by atoms with van der Waals surface area (Å²) in [5, 5.41) is 3.70. The first-order chi connectivity index (χ1) is 20.7. The van der Waals surface area contributed by atoms with Crippen molar-refractivity contribution in [2.24, 2.45) is 12.5 Å². The number of nitrogens with zero attached hydrogens (tertiary/aromatic N) is 2. The van der Waals surface area contributed by atoms with Crippen LogP contribution in [0.3, 0.4) is 0 Å². The van der Waals surface area contributed by atoms with E-state index in [1.165, 1.54) is 66.5 Å². The molecule has 0 atom stereocenters. The predicted octanol–water partition coefficient (Wildman–Crippen LogP) is 11.2. The molecule has 6 rings (SSSR count). The zero-order valence-corrected chi connectivity index (χ0v) is 28.9. The summed E-state index contributed by atoms with van der Waals surface area (Å²) in [5.74, 6) is 3.17. The molecule has 0 N–H and O–H groups in total. The monoisotopic (exact) mass is 585 g/mol. The van der Waals surface area contributed by atoms with Crippen molar-refractivity contribution in [3.05, 3.63) is 82.2 Å². The Morgan fingerprint density at radius 3 is 2.05 bits per heavy atom. The van der Waals surface area contributed by atoms with E-state index in [4.69, 9.17) is 9.72 Å². The van der Waals surface area contributed by atoms with Gasteiger partial charge in [-0.2, -0.15) is 0 Å². The summed E-state index contributed by atoms with van der Waals surface area (Å²) < 4.78 is 9.37. The first-order valence-electron chi connectivity index (χ1n) is 16.4. The van der Waals surface area contributed by atoms with Gasteiger partial charge in [-0.05, 0) is 105 Å². The fraction of sp³-hybridized carbons (Fsp3) is 0.415. The van der Waals surface area contributed by atoms with Crippen LogP contribution in [0.25, 0.3) is 44.1 Å². The van der Waals surface area contributed by atoms with Gasteiger partial charge < -0.3 is 4.74 Å². The molecule has 2 heterocycles. The quantitative estimate of drug-likeness (QED) is 0.188. The number of ether oxygens (including phenoxy) is 1. The zero-order valence-electron chi connectivity index (χ0n) is 28.9. The first-order valence-corrected chi connectivity index (χ1v) is 16.4. The third-order valence-electron chi connectivity index (χ3n) is 9.40. The van der Waals surface area contributed by atoms with E-state index in [1.54, 1.807) is 0 Å². The molecule has 0 radical (unpaired) electrons. The van der Waals surface area contributed by atoms with Crippen molar-refractivity contribution in [1.82, 2.24) is 4.98 Å². The minimum absolute atomic E-state index is 0.0958. The molecule has 0 amide bonds. The van der Waals surface area contributed by atoms with Gasteiger partial charge in [0.15, 0.2) is 11.2 Å². The standard InChI is InChI=1S/C41H49N2O/c1-22(2)27-16-30(23(3)4)37(31(17-27)24(5)6)28-18-34-38-35(19-28)44-40-33(20-41(9,10)11)29-14-13-25(7)15-32(29)26(8)36(40)39(38)43(12)21-42-34/h13-19,21-24H,20H2,1-12H3/q+1. The number of hydrogen-bond donors (Lipinski definition) is 0. The van der Waals surface area contributed by atoms with Gasteiger partial charge in [0.2, 0.25) is 0 Å². The van der Waals surface area contributed by atoms with Crippen LogP contribution in [0, 0.1) is 19.3 Å². The number of aryl methyl sites for hydroxylation is 3. The highest BCUT2D eigenvalue weighted by Crippen LogP contribution is 2.53. The maximum atomic E-state index is 7.17. The highest BCUT2D eigenvalue weighted by molar-refractivity contribution is 6.07. The molecule has 1 aliphatic heterocycles. The average molecular weight is 586 g/mol. The molecule has 44 heavy (non-hydrogen) atoms. The highest BCUT2D eigenvalue weighted by Gasteiger charge is 2.34. The summed E-state index contributed by atoms with van der Waals surface area (Å²) in [6.07, 6.45) is 2.91. The van der Waals surface area contributed by atoms with Crippen LogP contribution in [0.2, 0.25) is 0 Å². The van der Waals surface area contributed by atoms with Gasteiger partial charge in [0.25, 0.3) is 6.33 Å². The molecule has 5 aromatic rings. The SMILES string of the molecule is Cc1ccc2c(CC(C)(C)C)c3c(c(C)c2c1)-c1c2c(cc(-c4c(C(C)C)cc(C(C)C)cc4C(C)C)cc2nc[n+]1C)O3. The third kappa shape index (κ3) is 4.99. The van der Waals surface area contributed by atoms with Gasteiger partial charge in [-0.15, -0.1) is 0 Å². The maximum absolute atomic E-state index is 7.17. The van der Waals surface area contributed by atoms with Gasteiger partial charge in [0.1, 0.15) is 16.9 Å². The molecule has 0 spiro atoms. The molecule has 3 nitrogen and oxygen atoms in total. The topological polar surface area (TPSA) is 26.0 Å². The maximum Gasteiger partial charge on any atom is 0.287 e. The molecule has 4 aromatic carbocycles. The Labute approximate surface area is 264 Å². The van der Waals surface area contributed by atoms with Gasteiger partial charge in [0.05, 0.1) is 12.6 Å². The Hall–Kier alpha value is -3.72. The lowest BCUT2D eigenvalue weighted by molar-refractivity contribution is -0.662. The van der Waals surface area contributed by atoms with Crippen LogP contribution < -0.4 is 9.30 Å². The van der Waals surface area contributed by atoms with Crippen LogP contribution >= 0.6 is 0 Å². The minimum Gasteiger partial charge on any atom is -0.455 e. The van der Waals surface area contributed by atoms with Crippen molar-refractivity contribution in [2.75, 3.05) is 0 Å². The van der Waals surface area contributed by atoms with E-state index in [2.05, 4.69) is 130 Å². The molecular weight excluding hydrogens is 536 g/mol. The number of hydrogen-bond acceptors (Lipinski definition) is 2. The lowest BCUT2D eigenvalue weighted by Crippen LogP contribution is -2.33. The van der Waals surface area contributed by atoms with E-state index in [0.29, 0.717) is 17.8 Å². The zero-order chi connectivity index (χ0) is 31.8. The molecule has 228 valence electrons. The molecule has 3 heteroatoms. The van der Waals surface area contributed by atoms with Crippen LogP contribution in [-0.4, -0.2) is 4.98 Å². The van der Waals surface area contributed by atoms with Crippen LogP contribution in [0.5, 0.6) is 11.5 Å². The van der Waals surface area contributed by atoms with Gasteiger partial charge in [-0.1, -0.05) is 98.2 Å². The van der Waals surface area contributed by atoms with Crippen LogP contribution in [0.1, 0.15) is 113 Å². The van der Waals surface area contributed by atoms with Crippen molar-refractivity contribution in [3.63, 3.8) is 0 Å². The Kier molecular flexibility index (Phi) is 7.38. The summed E-state index contributed by atoms with van der Waals surface area (Å²) in [5.41, 5.74) is 14.0. The Morgan fingerprint density at radius 1 is 0.795 bits per heavy atom. The van der Waals surface area contributed by atoms with Crippen molar-refractivity contribution in [3.8, 4) is 33.9 Å². The van der Waals surface area contributed by atoms with E-state index in [0.717, 1.165) is 28.8 Å². The first kappa shape index (κ1) is 30.3. The Morgan fingerprint density at radius 2 is 1.45 bits per heavy atom. The van der Waals surface area contributed by atoms with Gasteiger partial charge in [0, 0.05) is 5.56 Å². The lowest BCUT2D eigenvalue weighted by Gasteiger charge is -2.29. The third-order valence-corrected chi connectivity index (χ3v) is 9.40. The number of fused-ring (bicyclic) bond motifs is 3. The van der Waals surface area contributed by atoms with Gasteiger partial charge in [-0.3, -0.25) is 0 Å². The van der Waals surface area contributed by atoms with Crippen molar-refractivity contribution in [1.29, 1.82) is 0 Å². The summed E-state index contributed by atoms with van der Waals surface area (Å²) in [6.45, 7) is 25.3. The molecule has 0 fully saturated rings. The lowest BCUT2D eigenvalue weighted by atomic mass is 9.80. The number of benzene rings is 4. The van der Waals surface area contributed by atoms with E-state index in [1.807, 2.05) is 6.33 Å². The minimum atomic E-state index is 0.0958. The van der Waals surface area contributed by atoms with Crippen LogP contribution in [0.4, 0.5) is 0 Å². The van der Waals surface area contributed by atoms with Crippen LogP contribution in [-0.2, 0) is 13.5 Å². The molecule has 0 bridgehead atoms. The summed E-state index contributed by atoms with van der Waals surface area (Å²) in [6, 6.07) is 16.4.